The second-order valence-electron chi connectivity index (χ2n) is 2.44. The van der Waals surface area contributed by atoms with Crippen LogP contribution in [-0.2, 0) is 10.0 Å². The van der Waals surface area contributed by atoms with Gasteiger partial charge in [0.05, 0.1) is 6.26 Å². The van der Waals surface area contributed by atoms with Gasteiger partial charge in [-0.25, -0.2) is 13.1 Å². The summed E-state index contributed by atoms with van der Waals surface area (Å²) in [5, 5.41) is 0. The van der Waals surface area contributed by atoms with Gasteiger partial charge in [-0.2, -0.15) is 0 Å². The Morgan fingerprint density at radius 1 is 1.67 bits per heavy atom. The largest absolute Gasteiger partial charge is 0.215 e. The minimum atomic E-state index is -3.30. The third-order valence-corrected chi connectivity index (χ3v) is 1.29. The molecule has 0 heterocycles. The summed E-state index contributed by atoms with van der Waals surface area (Å²) in [6, 6.07) is 0. The molecule has 0 aliphatic carbocycles. The molecule has 0 spiro atoms. The molecule has 3 nitrogen and oxygen atoms in total. The van der Waals surface area contributed by atoms with Gasteiger partial charge in [-0.1, -0.05) is 13.8 Å². The van der Waals surface area contributed by atoms with Crippen molar-refractivity contribution < 1.29 is 9.83 Å². The average molecular weight is 153 g/mol. The summed E-state index contributed by atoms with van der Waals surface area (Å²) < 4.78 is 28.8. The molecule has 56 valence electrons. The van der Waals surface area contributed by atoms with Gasteiger partial charge in [-0.05, 0) is 5.92 Å². The highest BCUT2D eigenvalue weighted by molar-refractivity contribution is 7.88. The predicted molar refractivity (Wildman–Crippen MR) is 37.7 cm³/mol. The zero-order chi connectivity index (χ0) is 8.36. The quantitative estimate of drug-likeness (QED) is 0.629. The van der Waals surface area contributed by atoms with Gasteiger partial charge in [-0.15, -0.1) is 0 Å². The number of rotatable bonds is 3. The molecule has 0 amide bonds. The molecule has 0 saturated carbocycles. The van der Waals surface area contributed by atoms with Crippen molar-refractivity contribution in [3.05, 3.63) is 0 Å². The number of hydrogen-bond donors (Lipinski definition) is 1. The second kappa shape index (κ2) is 3.17. The van der Waals surface area contributed by atoms with Crippen LogP contribution in [0.5, 0.6) is 0 Å². The van der Waals surface area contributed by atoms with Crippen LogP contribution in [0.1, 0.15) is 13.8 Å². The van der Waals surface area contributed by atoms with Crippen LogP contribution in [0.2, 0.25) is 1.41 Å². The van der Waals surface area contributed by atoms with Crippen molar-refractivity contribution >= 4 is 10.0 Å². The molecular formula is C5H13NO2S. The SMILES string of the molecule is [3H]N(CC(C)C)S(C)(=O)=O. The summed E-state index contributed by atoms with van der Waals surface area (Å²) in [7, 11) is -3.30. The van der Waals surface area contributed by atoms with Gasteiger partial charge in [0.1, 0.15) is 1.41 Å². The van der Waals surface area contributed by atoms with E-state index in [0.717, 1.165) is 6.26 Å². The fourth-order valence-electron chi connectivity index (χ4n) is 0.284. The van der Waals surface area contributed by atoms with E-state index < -0.39 is 10.0 Å². The van der Waals surface area contributed by atoms with Crippen LogP contribution in [0, 0.1) is 5.92 Å². The molecule has 0 aliphatic heterocycles. The Morgan fingerprint density at radius 3 is 2.22 bits per heavy atom. The van der Waals surface area contributed by atoms with E-state index in [1.807, 2.05) is 13.8 Å². The summed E-state index contributed by atoms with van der Waals surface area (Å²) in [6.07, 6.45) is 1.03. The number of sulfonamides is 1. The normalized spacial score (nSPS) is 14.6. The van der Waals surface area contributed by atoms with Crippen LogP contribution < -0.4 is 4.72 Å². The fourth-order valence-corrected chi connectivity index (χ4v) is 0.853. The molecule has 4 heteroatoms. The van der Waals surface area contributed by atoms with E-state index >= 15 is 0 Å². The first-order valence-corrected chi connectivity index (χ1v) is 4.65. The lowest BCUT2D eigenvalue weighted by atomic mass is 10.2. The fraction of sp³-hybridized carbons (Fsp3) is 1.00. The van der Waals surface area contributed by atoms with Crippen molar-refractivity contribution in [2.75, 3.05) is 12.8 Å². The Morgan fingerprint density at radius 2 is 2.11 bits per heavy atom. The third-order valence-electron chi connectivity index (χ3n) is 0.674. The molecule has 0 fully saturated rings. The van der Waals surface area contributed by atoms with Crippen LogP contribution in [0.25, 0.3) is 0 Å². The molecule has 0 rings (SSSR count). The molecule has 0 saturated heterocycles. The van der Waals surface area contributed by atoms with E-state index in [2.05, 4.69) is 0 Å². The first kappa shape index (κ1) is 7.02. The Bertz CT molecular complexity index is 188. The first-order chi connectivity index (χ1) is 4.34. The summed E-state index contributed by atoms with van der Waals surface area (Å²) in [5.41, 5.74) is 0. The Balaban J connectivity index is 3.99. The predicted octanol–water partition coefficient (Wildman–Crippen LogP) is 0.192. The monoisotopic (exact) mass is 153 g/mol. The van der Waals surface area contributed by atoms with Crippen LogP contribution in [0.4, 0.5) is 0 Å². The van der Waals surface area contributed by atoms with Crippen molar-refractivity contribution in [2.24, 2.45) is 5.92 Å². The summed E-state index contributed by atoms with van der Waals surface area (Å²) in [4.78, 5) is 0. The Kier molecular flexibility index (Phi) is 2.48. The molecule has 0 bridgehead atoms. The van der Waals surface area contributed by atoms with E-state index in [1.54, 1.807) is 0 Å². The maximum atomic E-state index is 10.6. The topological polar surface area (TPSA) is 46.2 Å². The zero-order valence-corrected chi connectivity index (χ0v) is 6.77. The summed E-state index contributed by atoms with van der Waals surface area (Å²) >= 11 is 0. The molecule has 9 heavy (non-hydrogen) atoms. The highest BCUT2D eigenvalue weighted by Crippen LogP contribution is 1.87. The summed E-state index contributed by atoms with van der Waals surface area (Å²) in [5.74, 6) is 0.201. The van der Waals surface area contributed by atoms with Crippen molar-refractivity contribution in [3.63, 3.8) is 0 Å². The van der Waals surface area contributed by atoms with Crippen molar-refractivity contribution in [1.29, 1.82) is 0 Å². The molecule has 0 radical (unpaired) electrons. The van der Waals surface area contributed by atoms with Crippen molar-refractivity contribution in [1.82, 2.24) is 4.72 Å². The lowest BCUT2D eigenvalue weighted by molar-refractivity contribution is 0.565. The third kappa shape index (κ3) is 7.91. The van der Waals surface area contributed by atoms with E-state index in [0.29, 0.717) is 4.72 Å². The molecule has 0 aliphatic rings. The first-order valence-electron chi connectivity index (χ1n) is 3.25. The lowest BCUT2D eigenvalue weighted by Crippen LogP contribution is -2.25. The van der Waals surface area contributed by atoms with E-state index in [4.69, 9.17) is 1.41 Å². The van der Waals surface area contributed by atoms with Gasteiger partial charge in [-0.3, -0.25) is 0 Å². The molecule has 1 N–H and O–H groups in total. The van der Waals surface area contributed by atoms with Crippen molar-refractivity contribution in [3.8, 4) is 0 Å². The maximum absolute atomic E-state index is 10.6. The Labute approximate surface area is 58.0 Å². The van der Waals surface area contributed by atoms with Gasteiger partial charge < -0.3 is 0 Å². The number of hydrogen-bond acceptors (Lipinski definition) is 2. The van der Waals surface area contributed by atoms with Crippen LogP contribution in [0.3, 0.4) is 0 Å². The Hall–Kier alpha value is -0.0900. The molecule has 0 atom stereocenters. The zero-order valence-electron chi connectivity index (χ0n) is 6.96. The van der Waals surface area contributed by atoms with Crippen molar-refractivity contribution in [2.45, 2.75) is 13.8 Å². The number of nitrogens with one attached hydrogen (secondary N) is 1. The summed E-state index contributed by atoms with van der Waals surface area (Å²) in [6.45, 7) is 4.00. The lowest BCUT2D eigenvalue weighted by Gasteiger charge is -2.03. The second-order valence-corrected chi connectivity index (χ2v) is 4.16. The van der Waals surface area contributed by atoms with Gasteiger partial charge in [0.2, 0.25) is 10.0 Å². The average Bonchev–Trinajstić information content (AvgIpc) is 1.60. The van der Waals surface area contributed by atoms with Crippen LogP contribution in [-0.4, -0.2) is 21.2 Å². The molecule has 0 aromatic carbocycles. The standard InChI is InChI=1S/C5H13NO2S/c1-5(2)4-6-9(3,7)8/h5-6H,4H2,1-3H3/i/hT. The minimum absolute atomic E-state index is 0.201. The molecule has 0 aromatic rings. The van der Waals surface area contributed by atoms with Gasteiger partial charge in [0.15, 0.2) is 0 Å². The van der Waals surface area contributed by atoms with Gasteiger partial charge in [0.25, 0.3) is 0 Å². The molecular weight excluding hydrogens is 138 g/mol. The van der Waals surface area contributed by atoms with E-state index in [-0.39, 0.29) is 12.5 Å². The van der Waals surface area contributed by atoms with Gasteiger partial charge in [0, 0.05) is 6.54 Å². The van der Waals surface area contributed by atoms with E-state index in [1.165, 1.54) is 0 Å². The van der Waals surface area contributed by atoms with Crippen LogP contribution in [0.15, 0.2) is 0 Å². The maximum Gasteiger partial charge on any atom is 0.208 e. The van der Waals surface area contributed by atoms with Crippen LogP contribution >= 0.6 is 0 Å². The highest BCUT2D eigenvalue weighted by atomic mass is 32.2. The smallest absolute Gasteiger partial charge is 0.208 e. The molecule has 0 aromatic heterocycles. The highest BCUT2D eigenvalue weighted by Gasteiger charge is 2.00. The molecule has 0 unspecified atom stereocenters. The van der Waals surface area contributed by atoms with Gasteiger partial charge >= 0.3 is 0 Å². The minimum Gasteiger partial charge on any atom is -0.215 e. The van der Waals surface area contributed by atoms with E-state index in [9.17, 15) is 8.42 Å².